The molecule has 0 bridgehead atoms. The molecule has 1 aliphatic rings. The molecule has 21 heavy (non-hydrogen) atoms. The lowest BCUT2D eigenvalue weighted by Crippen LogP contribution is -2.25. The van der Waals surface area contributed by atoms with Gasteiger partial charge in [0, 0.05) is 19.6 Å². The van der Waals surface area contributed by atoms with E-state index in [1.54, 1.807) is 0 Å². The molecule has 0 aromatic carbocycles. The van der Waals surface area contributed by atoms with Crippen LogP contribution in [0.2, 0.25) is 0 Å². The number of nitrogens with two attached hydrogens (primary N) is 1. The summed E-state index contributed by atoms with van der Waals surface area (Å²) < 4.78 is 0. The Morgan fingerprint density at radius 3 is 2.62 bits per heavy atom. The Hall–Kier alpha value is -1.30. The molecule has 0 atom stereocenters. The Kier molecular flexibility index (Phi) is 5.85. The maximum Gasteiger partial charge on any atom is 0.265 e. The van der Waals surface area contributed by atoms with Crippen LogP contribution in [0.5, 0.6) is 0 Å². The highest BCUT2D eigenvalue weighted by molar-refractivity contribution is 7.18. The molecule has 0 aliphatic carbocycles. The van der Waals surface area contributed by atoms with Gasteiger partial charge in [-0.05, 0) is 25.2 Å². The largest absolute Gasteiger partial charge is 0.382 e. The maximum atomic E-state index is 12.2. The molecule has 1 saturated heterocycles. The van der Waals surface area contributed by atoms with Crippen molar-refractivity contribution in [3.8, 4) is 0 Å². The van der Waals surface area contributed by atoms with Crippen LogP contribution in [0.4, 0.5) is 10.9 Å². The van der Waals surface area contributed by atoms with Crippen LogP contribution in [0.25, 0.3) is 0 Å². The molecular formula is C15H26N4OS. The number of thiazole rings is 1. The fourth-order valence-electron chi connectivity index (χ4n) is 2.43. The Balaban J connectivity index is 1.99. The minimum Gasteiger partial charge on any atom is -0.382 e. The number of nitrogen functional groups attached to an aromatic ring is 1. The molecule has 1 aromatic rings. The molecule has 1 aromatic heterocycles. The monoisotopic (exact) mass is 310 g/mol. The number of hydrogen-bond donors (Lipinski definition) is 2. The van der Waals surface area contributed by atoms with Crippen LogP contribution in [0.3, 0.4) is 0 Å². The van der Waals surface area contributed by atoms with Crippen LogP contribution in [0.15, 0.2) is 0 Å². The topological polar surface area (TPSA) is 71.2 Å². The van der Waals surface area contributed by atoms with E-state index >= 15 is 0 Å². The highest BCUT2D eigenvalue weighted by atomic mass is 32.1. The van der Waals surface area contributed by atoms with E-state index in [1.807, 2.05) is 0 Å². The van der Waals surface area contributed by atoms with E-state index in [1.165, 1.54) is 37.0 Å². The van der Waals surface area contributed by atoms with E-state index in [0.717, 1.165) is 24.6 Å². The highest BCUT2D eigenvalue weighted by Gasteiger charge is 2.20. The number of rotatable bonds is 5. The third-order valence-electron chi connectivity index (χ3n) is 3.73. The van der Waals surface area contributed by atoms with E-state index in [0.29, 0.717) is 23.2 Å². The van der Waals surface area contributed by atoms with Crippen LogP contribution in [0, 0.1) is 5.92 Å². The van der Waals surface area contributed by atoms with Crippen molar-refractivity contribution >= 4 is 28.2 Å². The summed E-state index contributed by atoms with van der Waals surface area (Å²) in [5.41, 5.74) is 5.93. The van der Waals surface area contributed by atoms with Crippen molar-refractivity contribution in [2.45, 2.75) is 46.0 Å². The van der Waals surface area contributed by atoms with Crippen molar-refractivity contribution in [1.82, 2.24) is 10.3 Å². The van der Waals surface area contributed by atoms with Crippen molar-refractivity contribution in [2.75, 3.05) is 30.3 Å². The first-order valence-corrected chi connectivity index (χ1v) is 8.69. The van der Waals surface area contributed by atoms with Crippen LogP contribution in [-0.4, -0.2) is 30.5 Å². The van der Waals surface area contributed by atoms with Crippen molar-refractivity contribution < 1.29 is 4.79 Å². The summed E-state index contributed by atoms with van der Waals surface area (Å²) in [5, 5.41) is 3.82. The Morgan fingerprint density at radius 2 is 2.00 bits per heavy atom. The first-order chi connectivity index (χ1) is 10.1. The smallest absolute Gasteiger partial charge is 0.265 e. The number of anilines is 2. The zero-order chi connectivity index (χ0) is 15.2. The van der Waals surface area contributed by atoms with Crippen LogP contribution >= 0.6 is 11.3 Å². The van der Waals surface area contributed by atoms with E-state index in [4.69, 9.17) is 5.73 Å². The molecule has 0 saturated carbocycles. The maximum absolute atomic E-state index is 12.2. The molecule has 1 fully saturated rings. The zero-order valence-electron chi connectivity index (χ0n) is 13.0. The third kappa shape index (κ3) is 4.59. The Morgan fingerprint density at radius 1 is 1.33 bits per heavy atom. The molecule has 1 aliphatic heterocycles. The van der Waals surface area contributed by atoms with Gasteiger partial charge in [-0.15, -0.1) is 0 Å². The number of nitrogens with one attached hydrogen (secondary N) is 1. The minimum absolute atomic E-state index is 0.0910. The van der Waals surface area contributed by atoms with E-state index in [2.05, 4.69) is 29.0 Å². The number of hydrogen-bond acceptors (Lipinski definition) is 5. The van der Waals surface area contributed by atoms with Crippen molar-refractivity contribution in [3.05, 3.63) is 4.88 Å². The van der Waals surface area contributed by atoms with E-state index in [9.17, 15) is 4.79 Å². The molecule has 3 N–H and O–H groups in total. The lowest BCUT2D eigenvalue weighted by molar-refractivity contribution is 0.0956. The van der Waals surface area contributed by atoms with Gasteiger partial charge in [0.25, 0.3) is 5.91 Å². The molecule has 6 heteroatoms. The van der Waals surface area contributed by atoms with Gasteiger partial charge in [-0.25, -0.2) is 4.98 Å². The van der Waals surface area contributed by atoms with Gasteiger partial charge in [0.05, 0.1) is 0 Å². The minimum atomic E-state index is -0.0910. The van der Waals surface area contributed by atoms with Crippen molar-refractivity contribution in [2.24, 2.45) is 5.92 Å². The number of carbonyl (C=O) groups is 1. The first-order valence-electron chi connectivity index (χ1n) is 7.87. The van der Waals surface area contributed by atoms with Gasteiger partial charge in [0.2, 0.25) is 0 Å². The van der Waals surface area contributed by atoms with Crippen molar-refractivity contribution in [3.63, 3.8) is 0 Å². The molecule has 118 valence electrons. The summed E-state index contributed by atoms with van der Waals surface area (Å²) >= 11 is 1.42. The normalized spacial score (nSPS) is 16.0. The van der Waals surface area contributed by atoms with Crippen LogP contribution < -0.4 is 16.0 Å². The standard InChI is InChI=1S/C15H26N4OS/c1-11(2)7-8-17-14(20)12-13(16)18-15(21-12)19-9-5-3-4-6-10-19/h11H,3-10,16H2,1-2H3,(H,17,20). The van der Waals surface area contributed by atoms with Crippen molar-refractivity contribution in [1.29, 1.82) is 0 Å². The molecule has 1 amide bonds. The van der Waals surface area contributed by atoms with Gasteiger partial charge >= 0.3 is 0 Å². The number of nitrogens with zero attached hydrogens (tertiary/aromatic N) is 2. The average molecular weight is 310 g/mol. The van der Waals surface area contributed by atoms with E-state index < -0.39 is 0 Å². The average Bonchev–Trinajstić information content (AvgIpc) is 2.64. The predicted octanol–water partition coefficient (Wildman–Crippen LogP) is 2.88. The van der Waals surface area contributed by atoms with Gasteiger partial charge in [0.15, 0.2) is 5.13 Å². The summed E-state index contributed by atoms with van der Waals surface area (Å²) in [7, 11) is 0. The van der Waals surface area contributed by atoms with Gasteiger partial charge in [-0.2, -0.15) is 0 Å². The fraction of sp³-hybridized carbons (Fsp3) is 0.733. The summed E-state index contributed by atoms with van der Waals surface area (Å²) in [5.74, 6) is 0.852. The lowest BCUT2D eigenvalue weighted by Gasteiger charge is -2.18. The van der Waals surface area contributed by atoms with Crippen LogP contribution in [0.1, 0.15) is 55.6 Å². The first kappa shape index (κ1) is 16.1. The molecular weight excluding hydrogens is 284 g/mol. The Bertz CT molecular complexity index is 464. The molecule has 2 rings (SSSR count). The molecule has 0 spiro atoms. The molecule has 0 radical (unpaired) electrons. The summed E-state index contributed by atoms with van der Waals surface area (Å²) in [6.07, 6.45) is 5.91. The summed E-state index contributed by atoms with van der Waals surface area (Å²) in [4.78, 5) is 19.4. The fourth-order valence-corrected chi connectivity index (χ4v) is 3.39. The van der Waals surface area contributed by atoms with E-state index in [-0.39, 0.29) is 5.91 Å². The molecule has 2 heterocycles. The summed E-state index contributed by atoms with van der Waals surface area (Å²) in [6.45, 7) is 7.00. The third-order valence-corrected chi connectivity index (χ3v) is 4.86. The van der Waals surface area contributed by atoms with Gasteiger partial charge in [-0.1, -0.05) is 38.0 Å². The second-order valence-electron chi connectivity index (χ2n) is 6.05. The quantitative estimate of drug-likeness (QED) is 0.877. The predicted molar refractivity (Wildman–Crippen MR) is 89.0 cm³/mol. The number of amides is 1. The Labute approximate surface area is 130 Å². The second kappa shape index (κ2) is 7.64. The van der Waals surface area contributed by atoms with Gasteiger partial charge < -0.3 is 16.0 Å². The SMILES string of the molecule is CC(C)CCNC(=O)c1sc(N2CCCCCC2)nc1N. The van der Waals surface area contributed by atoms with Gasteiger partial charge in [-0.3, -0.25) is 4.79 Å². The number of carbonyl (C=O) groups excluding carboxylic acids is 1. The molecule has 5 nitrogen and oxygen atoms in total. The second-order valence-corrected chi connectivity index (χ2v) is 7.03. The number of aromatic nitrogens is 1. The zero-order valence-corrected chi connectivity index (χ0v) is 13.8. The summed E-state index contributed by atoms with van der Waals surface area (Å²) in [6, 6.07) is 0. The van der Waals surface area contributed by atoms with Gasteiger partial charge in [0.1, 0.15) is 10.7 Å². The lowest BCUT2D eigenvalue weighted by atomic mass is 10.1. The molecule has 0 unspecified atom stereocenters. The highest BCUT2D eigenvalue weighted by Crippen LogP contribution is 2.29. The van der Waals surface area contributed by atoms with Crippen LogP contribution in [-0.2, 0) is 0 Å².